The summed E-state index contributed by atoms with van der Waals surface area (Å²) < 4.78 is 5.67. The molecule has 0 spiro atoms. The molecule has 0 radical (unpaired) electrons. The van der Waals surface area contributed by atoms with E-state index in [0.717, 1.165) is 31.8 Å². The fourth-order valence-electron chi connectivity index (χ4n) is 2.27. The smallest absolute Gasteiger partial charge is 0.249 e. The Hall–Kier alpha value is -1.43. The number of primary amides is 1. The average molecular weight is 263 g/mol. The Balaban J connectivity index is 1.84. The first-order valence-corrected chi connectivity index (χ1v) is 6.55. The Labute approximate surface area is 113 Å². The zero-order chi connectivity index (χ0) is 13.7. The SMILES string of the molecule is CN1CCOC(CNCc2ccccc2C(N)=O)C1. The Bertz CT molecular complexity index is 436. The number of morpholine rings is 1. The Morgan fingerprint density at radius 1 is 1.53 bits per heavy atom. The van der Waals surface area contributed by atoms with Crippen molar-refractivity contribution in [2.45, 2.75) is 12.6 Å². The van der Waals surface area contributed by atoms with E-state index >= 15 is 0 Å². The van der Waals surface area contributed by atoms with Crippen molar-refractivity contribution < 1.29 is 9.53 Å². The molecular formula is C14H21N3O2. The Morgan fingerprint density at radius 2 is 2.32 bits per heavy atom. The molecule has 19 heavy (non-hydrogen) atoms. The topological polar surface area (TPSA) is 67.6 Å². The summed E-state index contributed by atoms with van der Waals surface area (Å²) in [7, 11) is 2.10. The lowest BCUT2D eigenvalue weighted by molar-refractivity contribution is -0.0182. The van der Waals surface area contributed by atoms with Gasteiger partial charge in [0.15, 0.2) is 0 Å². The minimum Gasteiger partial charge on any atom is -0.374 e. The largest absolute Gasteiger partial charge is 0.374 e. The van der Waals surface area contributed by atoms with E-state index in [-0.39, 0.29) is 12.0 Å². The van der Waals surface area contributed by atoms with Crippen molar-refractivity contribution in [3.8, 4) is 0 Å². The Morgan fingerprint density at radius 3 is 3.05 bits per heavy atom. The number of ether oxygens (including phenoxy) is 1. The van der Waals surface area contributed by atoms with Gasteiger partial charge in [-0.25, -0.2) is 0 Å². The van der Waals surface area contributed by atoms with Crippen molar-refractivity contribution in [1.29, 1.82) is 0 Å². The van der Waals surface area contributed by atoms with Crippen LogP contribution < -0.4 is 11.1 Å². The lowest BCUT2D eigenvalue weighted by atomic mass is 10.1. The third-order valence-corrected chi connectivity index (χ3v) is 3.31. The van der Waals surface area contributed by atoms with Crippen LogP contribution in [0.15, 0.2) is 24.3 Å². The van der Waals surface area contributed by atoms with Gasteiger partial charge in [0.25, 0.3) is 0 Å². The molecule has 1 fully saturated rings. The Kier molecular flexibility index (Phi) is 4.90. The van der Waals surface area contributed by atoms with E-state index < -0.39 is 0 Å². The van der Waals surface area contributed by atoms with Gasteiger partial charge in [0, 0.05) is 31.7 Å². The quantitative estimate of drug-likeness (QED) is 0.796. The number of carbonyl (C=O) groups excluding carboxylic acids is 1. The average Bonchev–Trinajstić information content (AvgIpc) is 2.39. The summed E-state index contributed by atoms with van der Waals surface area (Å²) >= 11 is 0. The highest BCUT2D eigenvalue weighted by Crippen LogP contribution is 2.08. The van der Waals surface area contributed by atoms with Crippen LogP contribution in [0.3, 0.4) is 0 Å². The molecule has 1 aliphatic rings. The zero-order valence-corrected chi connectivity index (χ0v) is 11.3. The van der Waals surface area contributed by atoms with Gasteiger partial charge in [0.2, 0.25) is 5.91 Å². The number of carbonyl (C=O) groups is 1. The van der Waals surface area contributed by atoms with E-state index in [0.29, 0.717) is 12.1 Å². The van der Waals surface area contributed by atoms with Crippen molar-refractivity contribution in [2.24, 2.45) is 5.73 Å². The molecule has 3 N–H and O–H groups in total. The number of nitrogens with two attached hydrogens (primary N) is 1. The molecule has 5 heteroatoms. The number of likely N-dealkylation sites (N-methyl/N-ethyl adjacent to an activating group) is 1. The maximum atomic E-state index is 11.3. The molecular weight excluding hydrogens is 242 g/mol. The van der Waals surface area contributed by atoms with Crippen molar-refractivity contribution in [3.63, 3.8) is 0 Å². The lowest BCUT2D eigenvalue weighted by Gasteiger charge is -2.30. The third kappa shape index (κ3) is 4.02. The van der Waals surface area contributed by atoms with Gasteiger partial charge in [-0.1, -0.05) is 18.2 Å². The molecule has 0 bridgehead atoms. The van der Waals surface area contributed by atoms with Crippen LogP contribution >= 0.6 is 0 Å². The summed E-state index contributed by atoms with van der Waals surface area (Å²) in [6.45, 7) is 4.10. The molecule has 1 unspecified atom stereocenters. The predicted octanol–water partition coefficient (Wildman–Crippen LogP) is 0.206. The van der Waals surface area contributed by atoms with Crippen molar-refractivity contribution in [3.05, 3.63) is 35.4 Å². The molecule has 1 aromatic rings. The van der Waals surface area contributed by atoms with Crippen LogP contribution in [0.5, 0.6) is 0 Å². The first-order valence-electron chi connectivity index (χ1n) is 6.55. The standard InChI is InChI=1S/C14H21N3O2/c1-17-6-7-19-12(10-17)9-16-8-11-4-2-3-5-13(11)14(15)18/h2-5,12,16H,6-10H2,1H3,(H2,15,18). The monoisotopic (exact) mass is 263 g/mol. The number of nitrogens with one attached hydrogen (secondary N) is 1. The maximum absolute atomic E-state index is 11.3. The molecule has 0 saturated carbocycles. The van der Waals surface area contributed by atoms with Crippen LogP contribution in [-0.4, -0.2) is 50.2 Å². The van der Waals surface area contributed by atoms with E-state index in [9.17, 15) is 4.79 Å². The fourth-order valence-corrected chi connectivity index (χ4v) is 2.27. The van der Waals surface area contributed by atoms with Crippen LogP contribution in [0.25, 0.3) is 0 Å². The molecule has 5 nitrogen and oxygen atoms in total. The summed E-state index contributed by atoms with van der Waals surface area (Å²) in [6.07, 6.45) is 0.208. The maximum Gasteiger partial charge on any atom is 0.249 e. The second-order valence-electron chi connectivity index (χ2n) is 4.91. The van der Waals surface area contributed by atoms with E-state index in [1.54, 1.807) is 6.07 Å². The molecule has 0 aliphatic carbocycles. The highest BCUT2D eigenvalue weighted by Gasteiger charge is 2.17. The molecule has 1 aliphatic heterocycles. The molecule has 104 valence electrons. The highest BCUT2D eigenvalue weighted by atomic mass is 16.5. The summed E-state index contributed by atoms with van der Waals surface area (Å²) in [4.78, 5) is 13.5. The van der Waals surface area contributed by atoms with E-state index in [1.165, 1.54) is 0 Å². The van der Waals surface area contributed by atoms with Gasteiger partial charge in [-0.2, -0.15) is 0 Å². The molecule has 0 aromatic heterocycles. The first-order chi connectivity index (χ1) is 9.16. The molecule has 1 aromatic carbocycles. The molecule has 1 amide bonds. The molecule has 1 saturated heterocycles. The van der Waals surface area contributed by atoms with Crippen molar-refractivity contribution in [1.82, 2.24) is 10.2 Å². The summed E-state index contributed by atoms with van der Waals surface area (Å²) in [5, 5.41) is 3.33. The highest BCUT2D eigenvalue weighted by molar-refractivity contribution is 5.94. The second-order valence-corrected chi connectivity index (χ2v) is 4.91. The molecule has 1 heterocycles. The summed E-state index contributed by atoms with van der Waals surface area (Å²) in [5.74, 6) is -0.383. The van der Waals surface area contributed by atoms with Gasteiger partial charge < -0.3 is 20.7 Å². The van der Waals surface area contributed by atoms with Gasteiger partial charge in [0.1, 0.15) is 0 Å². The van der Waals surface area contributed by atoms with Gasteiger partial charge >= 0.3 is 0 Å². The summed E-state index contributed by atoms with van der Waals surface area (Å²) in [6, 6.07) is 7.41. The minimum atomic E-state index is -0.383. The lowest BCUT2D eigenvalue weighted by Crippen LogP contribution is -2.44. The van der Waals surface area contributed by atoms with E-state index in [4.69, 9.17) is 10.5 Å². The fraction of sp³-hybridized carbons (Fsp3) is 0.500. The number of nitrogens with zero attached hydrogens (tertiary/aromatic N) is 1. The summed E-state index contributed by atoms with van der Waals surface area (Å²) in [5.41, 5.74) is 6.86. The predicted molar refractivity (Wildman–Crippen MR) is 73.9 cm³/mol. The normalized spacial score (nSPS) is 20.4. The van der Waals surface area contributed by atoms with Crippen LogP contribution in [0.1, 0.15) is 15.9 Å². The van der Waals surface area contributed by atoms with E-state index in [1.807, 2.05) is 18.2 Å². The van der Waals surface area contributed by atoms with Gasteiger partial charge in [-0.15, -0.1) is 0 Å². The van der Waals surface area contributed by atoms with Crippen LogP contribution in [0, 0.1) is 0 Å². The molecule has 2 rings (SSSR count). The van der Waals surface area contributed by atoms with Crippen LogP contribution in [-0.2, 0) is 11.3 Å². The van der Waals surface area contributed by atoms with E-state index in [2.05, 4.69) is 17.3 Å². The second kappa shape index (κ2) is 6.65. The van der Waals surface area contributed by atoms with Crippen LogP contribution in [0.2, 0.25) is 0 Å². The van der Waals surface area contributed by atoms with Gasteiger partial charge in [-0.05, 0) is 18.7 Å². The number of hydrogen-bond donors (Lipinski definition) is 2. The first kappa shape index (κ1) is 14.0. The molecule has 1 atom stereocenters. The van der Waals surface area contributed by atoms with Crippen molar-refractivity contribution in [2.75, 3.05) is 33.3 Å². The minimum absolute atomic E-state index is 0.208. The number of benzene rings is 1. The number of rotatable bonds is 5. The van der Waals surface area contributed by atoms with Gasteiger partial charge in [0.05, 0.1) is 12.7 Å². The van der Waals surface area contributed by atoms with Crippen molar-refractivity contribution >= 4 is 5.91 Å². The zero-order valence-electron chi connectivity index (χ0n) is 11.3. The van der Waals surface area contributed by atoms with Crippen LogP contribution in [0.4, 0.5) is 0 Å². The van der Waals surface area contributed by atoms with Gasteiger partial charge in [-0.3, -0.25) is 4.79 Å². The third-order valence-electron chi connectivity index (χ3n) is 3.31. The number of hydrogen-bond acceptors (Lipinski definition) is 4. The number of amides is 1.